The van der Waals surface area contributed by atoms with E-state index in [0.717, 1.165) is 0 Å². The average Bonchev–Trinajstić information content (AvgIpc) is 2.14. The Bertz CT molecular complexity index is 428. The average molecular weight is 232 g/mol. The van der Waals surface area contributed by atoms with E-state index in [2.05, 4.69) is 11.9 Å². The molecule has 0 bridgehead atoms. The topological polar surface area (TPSA) is 46.2 Å². The van der Waals surface area contributed by atoms with Gasteiger partial charge in [-0.25, -0.2) is 8.42 Å². The number of hydrogen-bond donors (Lipinski definition) is 1. The fourth-order valence-corrected chi connectivity index (χ4v) is 2.06. The summed E-state index contributed by atoms with van der Waals surface area (Å²) in [4.78, 5) is 0.0866. The lowest BCUT2D eigenvalue weighted by Gasteiger charge is -2.07. The molecule has 0 amide bonds. The van der Waals surface area contributed by atoms with Gasteiger partial charge in [0.1, 0.15) is 4.90 Å². The minimum atomic E-state index is -3.69. The highest BCUT2D eigenvalue weighted by Gasteiger charge is 2.13. The molecular weight excluding hydrogens is 222 g/mol. The van der Waals surface area contributed by atoms with Crippen LogP contribution in [0.25, 0.3) is 0 Å². The second kappa shape index (κ2) is 4.48. The Labute approximate surface area is 87.8 Å². The molecule has 0 atom stereocenters. The smallest absolute Gasteiger partial charge is 0.263 e. The fraction of sp³-hybridized carbons (Fsp3) is 0.111. The summed E-state index contributed by atoms with van der Waals surface area (Å²) in [6.45, 7) is 4.01. The van der Waals surface area contributed by atoms with Crippen molar-refractivity contribution >= 4 is 25.4 Å². The van der Waals surface area contributed by atoms with Crippen LogP contribution in [-0.4, -0.2) is 15.0 Å². The molecule has 0 aliphatic heterocycles. The van der Waals surface area contributed by atoms with E-state index >= 15 is 0 Å². The number of hydrogen-bond acceptors (Lipinski definition) is 3. The van der Waals surface area contributed by atoms with Gasteiger partial charge in [0.15, 0.2) is 0 Å². The van der Waals surface area contributed by atoms with Crippen LogP contribution in [0.5, 0.6) is 0 Å². The molecule has 5 heteroatoms. The second-order valence-corrected chi connectivity index (χ2v) is 5.14. The number of rotatable bonds is 4. The lowest BCUT2D eigenvalue weighted by Crippen LogP contribution is -2.03. The molecule has 1 rings (SSSR count). The summed E-state index contributed by atoms with van der Waals surface area (Å²) >= 11 is 0. The van der Waals surface area contributed by atoms with Crippen LogP contribution in [0, 0.1) is 0 Å². The summed E-state index contributed by atoms with van der Waals surface area (Å²) in [6.07, 6.45) is 1.64. The molecule has 0 aliphatic rings. The van der Waals surface area contributed by atoms with Gasteiger partial charge in [-0.1, -0.05) is 18.2 Å². The zero-order valence-corrected chi connectivity index (χ0v) is 8.98. The number of nitrogens with one attached hydrogen (secondary N) is 1. The minimum Gasteiger partial charge on any atom is -0.380 e. The first-order chi connectivity index (χ1) is 6.55. The normalized spacial score (nSPS) is 10.9. The summed E-state index contributed by atoms with van der Waals surface area (Å²) in [5.74, 6) is 0. The highest BCUT2D eigenvalue weighted by Crippen LogP contribution is 2.23. The Balaban J connectivity index is 3.10. The number of para-hydroxylation sites is 1. The predicted molar refractivity (Wildman–Crippen MR) is 58.2 cm³/mol. The highest BCUT2D eigenvalue weighted by molar-refractivity contribution is 8.13. The lowest BCUT2D eigenvalue weighted by atomic mass is 10.3. The van der Waals surface area contributed by atoms with Crippen LogP contribution < -0.4 is 5.32 Å². The van der Waals surface area contributed by atoms with E-state index in [0.29, 0.717) is 12.2 Å². The van der Waals surface area contributed by atoms with E-state index in [1.54, 1.807) is 24.3 Å². The first kappa shape index (κ1) is 11.1. The van der Waals surface area contributed by atoms with Crippen molar-refractivity contribution in [3.63, 3.8) is 0 Å². The zero-order valence-electron chi connectivity index (χ0n) is 7.40. The van der Waals surface area contributed by atoms with Crippen molar-refractivity contribution in [2.45, 2.75) is 4.90 Å². The van der Waals surface area contributed by atoms with Crippen molar-refractivity contribution in [3.8, 4) is 0 Å². The molecule has 0 saturated carbocycles. The van der Waals surface area contributed by atoms with Crippen molar-refractivity contribution in [3.05, 3.63) is 36.9 Å². The van der Waals surface area contributed by atoms with Gasteiger partial charge >= 0.3 is 0 Å². The van der Waals surface area contributed by atoms with E-state index in [1.807, 2.05) is 0 Å². The molecule has 0 heterocycles. The largest absolute Gasteiger partial charge is 0.380 e. The molecule has 0 radical (unpaired) electrons. The van der Waals surface area contributed by atoms with E-state index in [1.165, 1.54) is 6.07 Å². The van der Waals surface area contributed by atoms with E-state index in [-0.39, 0.29) is 4.90 Å². The van der Waals surface area contributed by atoms with Gasteiger partial charge in [0, 0.05) is 17.2 Å². The van der Waals surface area contributed by atoms with Gasteiger partial charge in [-0.15, -0.1) is 6.58 Å². The molecule has 0 unspecified atom stereocenters. The van der Waals surface area contributed by atoms with Gasteiger partial charge in [-0.3, -0.25) is 0 Å². The Morgan fingerprint density at radius 2 is 2.07 bits per heavy atom. The van der Waals surface area contributed by atoms with Gasteiger partial charge in [0.2, 0.25) is 0 Å². The highest BCUT2D eigenvalue weighted by atomic mass is 35.7. The minimum absolute atomic E-state index is 0.0866. The van der Waals surface area contributed by atoms with Crippen LogP contribution in [-0.2, 0) is 9.05 Å². The van der Waals surface area contributed by atoms with Gasteiger partial charge < -0.3 is 5.32 Å². The Hall–Kier alpha value is -1.00. The summed E-state index contributed by atoms with van der Waals surface area (Å²) in [6, 6.07) is 6.46. The standard InChI is InChI=1S/C9H10ClNO2S/c1-2-7-11-8-5-3-4-6-9(8)14(10,12)13/h2-6,11H,1,7H2. The first-order valence-corrected chi connectivity index (χ1v) is 6.25. The Kier molecular flexibility index (Phi) is 3.55. The predicted octanol–water partition coefficient (Wildman–Crippen LogP) is 2.21. The first-order valence-electron chi connectivity index (χ1n) is 3.94. The number of anilines is 1. The van der Waals surface area contributed by atoms with Crippen molar-refractivity contribution in [2.24, 2.45) is 0 Å². The van der Waals surface area contributed by atoms with Crippen LogP contribution in [0.3, 0.4) is 0 Å². The third-order valence-corrected chi connectivity index (χ3v) is 2.97. The third-order valence-electron chi connectivity index (χ3n) is 1.59. The monoisotopic (exact) mass is 231 g/mol. The van der Waals surface area contributed by atoms with E-state index in [9.17, 15) is 8.42 Å². The Morgan fingerprint density at radius 1 is 1.43 bits per heavy atom. The number of halogens is 1. The molecule has 0 spiro atoms. The zero-order chi connectivity index (χ0) is 10.6. The summed E-state index contributed by atoms with van der Waals surface area (Å²) in [7, 11) is 1.56. The molecule has 1 aromatic carbocycles. The SMILES string of the molecule is C=CCNc1ccccc1S(=O)(=O)Cl. The van der Waals surface area contributed by atoms with Crippen molar-refractivity contribution in [1.29, 1.82) is 0 Å². The molecular formula is C9H10ClNO2S. The van der Waals surface area contributed by atoms with Crippen molar-refractivity contribution < 1.29 is 8.42 Å². The van der Waals surface area contributed by atoms with Gasteiger partial charge in [-0.05, 0) is 12.1 Å². The van der Waals surface area contributed by atoms with Crippen molar-refractivity contribution in [1.82, 2.24) is 0 Å². The van der Waals surface area contributed by atoms with Gasteiger partial charge in [0.05, 0.1) is 5.69 Å². The molecule has 0 fully saturated rings. The van der Waals surface area contributed by atoms with Crippen LogP contribution in [0.2, 0.25) is 0 Å². The molecule has 0 aromatic heterocycles. The number of benzene rings is 1. The van der Waals surface area contributed by atoms with Crippen LogP contribution >= 0.6 is 10.7 Å². The van der Waals surface area contributed by atoms with Crippen LogP contribution in [0.4, 0.5) is 5.69 Å². The van der Waals surface area contributed by atoms with Crippen LogP contribution in [0.1, 0.15) is 0 Å². The summed E-state index contributed by atoms with van der Waals surface area (Å²) < 4.78 is 22.2. The van der Waals surface area contributed by atoms with Crippen molar-refractivity contribution in [2.75, 3.05) is 11.9 Å². The lowest BCUT2D eigenvalue weighted by molar-refractivity contribution is 0.610. The van der Waals surface area contributed by atoms with E-state index in [4.69, 9.17) is 10.7 Å². The molecule has 1 aromatic rings. The molecule has 14 heavy (non-hydrogen) atoms. The third kappa shape index (κ3) is 2.75. The molecule has 76 valence electrons. The quantitative estimate of drug-likeness (QED) is 0.639. The summed E-state index contributed by atoms with van der Waals surface area (Å²) in [5, 5.41) is 2.89. The molecule has 3 nitrogen and oxygen atoms in total. The Morgan fingerprint density at radius 3 is 2.64 bits per heavy atom. The second-order valence-electron chi connectivity index (χ2n) is 2.60. The molecule has 1 N–H and O–H groups in total. The van der Waals surface area contributed by atoms with Gasteiger partial charge in [0.25, 0.3) is 9.05 Å². The maximum absolute atomic E-state index is 11.1. The molecule has 0 saturated heterocycles. The fourth-order valence-electron chi connectivity index (χ4n) is 1.01. The van der Waals surface area contributed by atoms with Crippen LogP contribution in [0.15, 0.2) is 41.8 Å². The molecule has 0 aliphatic carbocycles. The maximum atomic E-state index is 11.1. The summed E-state index contributed by atoms with van der Waals surface area (Å²) in [5.41, 5.74) is 0.488. The van der Waals surface area contributed by atoms with Gasteiger partial charge in [-0.2, -0.15) is 0 Å². The maximum Gasteiger partial charge on any atom is 0.263 e. The van der Waals surface area contributed by atoms with E-state index < -0.39 is 9.05 Å².